The summed E-state index contributed by atoms with van der Waals surface area (Å²) in [5.74, 6) is 0.738. The van der Waals surface area contributed by atoms with E-state index in [9.17, 15) is 0 Å². The van der Waals surface area contributed by atoms with Crippen LogP contribution in [0, 0.1) is 0 Å². The molecule has 0 radical (unpaired) electrons. The molecule has 0 saturated carbocycles. The summed E-state index contributed by atoms with van der Waals surface area (Å²) in [6.45, 7) is 7.38. The zero-order valence-corrected chi connectivity index (χ0v) is 12.3. The predicted octanol–water partition coefficient (Wildman–Crippen LogP) is 3.81. The van der Waals surface area contributed by atoms with Gasteiger partial charge in [0, 0.05) is 18.3 Å². The van der Waals surface area contributed by atoms with Crippen LogP contribution < -0.4 is 4.74 Å². The number of nitrogens with zero attached hydrogens (tertiary/aromatic N) is 2. The summed E-state index contributed by atoms with van der Waals surface area (Å²) in [5.41, 5.74) is 1.35. The molecule has 1 aromatic rings. The molecule has 0 unspecified atom stereocenters. The molecule has 3 nitrogen and oxygen atoms in total. The van der Waals surface area contributed by atoms with Gasteiger partial charge in [-0.15, -0.1) is 0 Å². The first-order chi connectivity index (χ1) is 9.35. The van der Waals surface area contributed by atoms with Crippen molar-refractivity contribution < 1.29 is 4.74 Å². The number of hydrogen-bond acceptors (Lipinski definition) is 3. The van der Waals surface area contributed by atoms with Crippen molar-refractivity contribution in [3.05, 3.63) is 23.9 Å². The molecule has 0 bridgehead atoms. The van der Waals surface area contributed by atoms with Crippen molar-refractivity contribution in [1.82, 2.24) is 9.88 Å². The van der Waals surface area contributed by atoms with E-state index in [1.165, 1.54) is 50.8 Å². The van der Waals surface area contributed by atoms with Crippen LogP contribution in [-0.2, 0) is 0 Å². The van der Waals surface area contributed by atoms with Crippen LogP contribution in [0.25, 0.3) is 0 Å². The maximum absolute atomic E-state index is 5.42. The average molecular weight is 262 g/mol. The number of rotatable bonds is 6. The van der Waals surface area contributed by atoms with Crippen molar-refractivity contribution in [2.24, 2.45) is 0 Å². The Kier molecular flexibility index (Phi) is 5.64. The number of piperidine rings is 1. The molecule has 2 heterocycles. The molecule has 106 valence electrons. The van der Waals surface area contributed by atoms with Crippen molar-refractivity contribution in [2.45, 2.75) is 52.0 Å². The summed E-state index contributed by atoms with van der Waals surface area (Å²) in [6, 6.07) is 4.75. The molecule has 1 aromatic heterocycles. The second kappa shape index (κ2) is 7.49. The predicted molar refractivity (Wildman–Crippen MR) is 78.5 cm³/mol. The van der Waals surface area contributed by atoms with Crippen molar-refractivity contribution in [1.29, 1.82) is 0 Å². The standard InChI is InChI=1S/C16H26N2O/c1-3-5-11-18-12-7-6-8-15(18)14-9-10-16(17-13-14)19-4-2/h9-10,13,15H,3-8,11-12H2,1-2H3/t15-/m1/s1. The fraction of sp³-hybridized carbons (Fsp3) is 0.688. The van der Waals surface area contributed by atoms with E-state index in [4.69, 9.17) is 4.74 Å². The van der Waals surface area contributed by atoms with Gasteiger partial charge in [0.1, 0.15) is 0 Å². The Hall–Kier alpha value is -1.09. The van der Waals surface area contributed by atoms with Crippen LogP contribution in [0.2, 0.25) is 0 Å². The third-order valence-electron chi connectivity index (χ3n) is 3.85. The lowest BCUT2D eigenvalue weighted by Crippen LogP contribution is -2.34. The van der Waals surface area contributed by atoms with Gasteiger partial charge in [0.05, 0.1) is 6.61 Å². The number of unbranched alkanes of at least 4 members (excludes halogenated alkanes) is 1. The molecule has 0 N–H and O–H groups in total. The van der Waals surface area contributed by atoms with E-state index < -0.39 is 0 Å². The lowest BCUT2D eigenvalue weighted by molar-refractivity contribution is 0.146. The molecular formula is C16H26N2O. The first-order valence-electron chi connectivity index (χ1n) is 7.68. The molecule has 1 aliphatic rings. The average Bonchev–Trinajstić information content (AvgIpc) is 2.47. The highest BCUT2D eigenvalue weighted by Gasteiger charge is 2.23. The van der Waals surface area contributed by atoms with Crippen LogP contribution in [0.1, 0.15) is 57.6 Å². The van der Waals surface area contributed by atoms with Crippen molar-refractivity contribution in [3.63, 3.8) is 0 Å². The van der Waals surface area contributed by atoms with E-state index in [0.717, 1.165) is 5.88 Å². The molecule has 0 aromatic carbocycles. The molecule has 1 saturated heterocycles. The van der Waals surface area contributed by atoms with Gasteiger partial charge in [-0.25, -0.2) is 4.98 Å². The van der Waals surface area contributed by atoms with Gasteiger partial charge < -0.3 is 4.74 Å². The molecule has 0 amide bonds. The summed E-state index contributed by atoms with van der Waals surface area (Å²) in [6.07, 6.45) is 8.50. The minimum atomic E-state index is 0.559. The van der Waals surface area contributed by atoms with Gasteiger partial charge in [0.15, 0.2) is 0 Å². The summed E-state index contributed by atoms with van der Waals surface area (Å²) in [5, 5.41) is 0. The molecule has 0 spiro atoms. The van der Waals surface area contributed by atoms with Crippen molar-refractivity contribution in [3.8, 4) is 5.88 Å². The Morgan fingerprint density at radius 3 is 2.89 bits per heavy atom. The van der Waals surface area contributed by atoms with E-state index in [1.54, 1.807) is 0 Å². The number of pyridine rings is 1. The van der Waals surface area contributed by atoms with Crippen molar-refractivity contribution in [2.75, 3.05) is 19.7 Å². The maximum atomic E-state index is 5.42. The van der Waals surface area contributed by atoms with Crippen LogP contribution in [0.5, 0.6) is 5.88 Å². The second-order valence-electron chi connectivity index (χ2n) is 5.26. The van der Waals surface area contributed by atoms with Gasteiger partial charge >= 0.3 is 0 Å². The highest BCUT2D eigenvalue weighted by molar-refractivity contribution is 5.21. The number of aromatic nitrogens is 1. The second-order valence-corrected chi connectivity index (χ2v) is 5.26. The minimum absolute atomic E-state index is 0.559. The third kappa shape index (κ3) is 3.93. The molecule has 1 atom stereocenters. The van der Waals surface area contributed by atoms with E-state index in [0.29, 0.717) is 12.6 Å². The number of likely N-dealkylation sites (tertiary alicyclic amines) is 1. The summed E-state index contributed by atoms with van der Waals surface area (Å²) in [4.78, 5) is 7.04. The third-order valence-corrected chi connectivity index (χ3v) is 3.85. The molecule has 1 aliphatic heterocycles. The smallest absolute Gasteiger partial charge is 0.213 e. The number of hydrogen-bond donors (Lipinski definition) is 0. The molecular weight excluding hydrogens is 236 g/mol. The normalized spacial score (nSPS) is 20.4. The molecule has 2 rings (SSSR count). The Balaban J connectivity index is 2.03. The van der Waals surface area contributed by atoms with Crippen LogP contribution >= 0.6 is 0 Å². The van der Waals surface area contributed by atoms with Gasteiger partial charge in [-0.05, 0) is 44.8 Å². The van der Waals surface area contributed by atoms with Gasteiger partial charge in [-0.3, -0.25) is 4.90 Å². The highest BCUT2D eigenvalue weighted by Crippen LogP contribution is 2.31. The molecule has 3 heteroatoms. The van der Waals surface area contributed by atoms with Gasteiger partial charge in [-0.2, -0.15) is 0 Å². The van der Waals surface area contributed by atoms with Gasteiger partial charge in [-0.1, -0.05) is 25.8 Å². The van der Waals surface area contributed by atoms with Crippen LogP contribution in [0.15, 0.2) is 18.3 Å². The van der Waals surface area contributed by atoms with Crippen molar-refractivity contribution >= 4 is 0 Å². The van der Waals surface area contributed by atoms with Gasteiger partial charge in [0.25, 0.3) is 0 Å². The Morgan fingerprint density at radius 2 is 2.21 bits per heavy atom. The topological polar surface area (TPSA) is 25.4 Å². The first-order valence-corrected chi connectivity index (χ1v) is 7.68. The van der Waals surface area contributed by atoms with Gasteiger partial charge in [0.2, 0.25) is 5.88 Å². The zero-order chi connectivity index (χ0) is 13.5. The van der Waals surface area contributed by atoms with E-state index >= 15 is 0 Å². The number of ether oxygens (including phenoxy) is 1. The SMILES string of the molecule is CCCCN1CCCC[C@@H]1c1ccc(OCC)nc1. The molecule has 19 heavy (non-hydrogen) atoms. The van der Waals surface area contributed by atoms with Crippen LogP contribution in [-0.4, -0.2) is 29.6 Å². The van der Waals surface area contributed by atoms with E-state index in [2.05, 4.69) is 22.9 Å². The molecule has 0 aliphatic carbocycles. The Labute approximate surface area is 117 Å². The van der Waals surface area contributed by atoms with Crippen LogP contribution in [0.3, 0.4) is 0 Å². The fourth-order valence-corrected chi connectivity index (χ4v) is 2.82. The lowest BCUT2D eigenvalue weighted by Gasteiger charge is -2.35. The summed E-state index contributed by atoms with van der Waals surface area (Å²) in [7, 11) is 0. The lowest BCUT2D eigenvalue weighted by atomic mass is 9.96. The largest absolute Gasteiger partial charge is 0.478 e. The fourth-order valence-electron chi connectivity index (χ4n) is 2.82. The van der Waals surface area contributed by atoms with E-state index in [-0.39, 0.29) is 0 Å². The monoisotopic (exact) mass is 262 g/mol. The first kappa shape index (κ1) is 14.3. The van der Waals surface area contributed by atoms with E-state index in [1.807, 2.05) is 19.2 Å². The summed E-state index contributed by atoms with van der Waals surface area (Å²) >= 11 is 0. The Morgan fingerprint density at radius 1 is 1.32 bits per heavy atom. The minimum Gasteiger partial charge on any atom is -0.478 e. The van der Waals surface area contributed by atoms with Crippen LogP contribution in [0.4, 0.5) is 0 Å². The summed E-state index contributed by atoms with van der Waals surface area (Å²) < 4.78 is 5.42. The quantitative estimate of drug-likeness (QED) is 0.779. The highest BCUT2D eigenvalue weighted by atomic mass is 16.5. The Bertz CT molecular complexity index is 364. The zero-order valence-electron chi connectivity index (χ0n) is 12.3. The molecule has 1 fully saturated rings. The maximum Gasteiger partial charge on any atom is 0.213 e.